The quantitative estimate of drug-likeness (QED) is 0.627. The fourth-order valence-electron chi connectivity index (χ4n) is 1.79. The Balaban J connectivity index is 2.54. The largest absolute Gasteiger partial charge is 0.450 e. The van der Waals surface area contributed by atoms with Gasteiger partial charge in [-0.25, -0.2) is 0 Å². The van der Waals surface area contributed by atoms with Crippen LogP contribution in [-0.4, -0.2) is 4.92 Å². The average molecular weight is 314 g/mol. The van der Waals surface area contributed by atoms with Crippen molar-refractivity contribution in [1.82, 2.24) is 0 Å². The van der Waals surface area contributed by atoms with Crippen LogP contribution in [0.5, 0.6) is 11.5 Å². The number of benzene rings is 2. The first-order valence-corrected chi connectivity index (χ1v) is 6.40. The van der Waals surface area contributed by atoms with Gasteiger partial charge in [-0.1, -0.05) is 11.6 Å². The maximum absolute atomic E-state index is 11.1. The lowest BCUT2D eigenvalue weighted by Gasteiger charge is -2.08. The van der Waals surface area contributed by atoms with Gasteiger partial charge in [0.15, 0.2) is 0 Å². The van der Waals surface area contributed by atoms with Crippen molar-refractivity contribution >= 4 is 17.3 Å². The predicted molar refractivity (Wildman–Crippen MR) is 78.8 cm³/mol. The maximum atomic E-state index is 11.1. The van der Waals surface area contributed by atoms with Gasteiger partial charge in [-0.2, -0.15) is 10.5 Å². The van der Waals surface area contributed by atoms with Crippen molar-refractivity contribution in [2.75, 3.05) is 0 Å². The van der Waals surface area contributed by atoms with E-state index < -0.39 is 4.92 Å². The summed E-state index contributed by atoms with van der Waals surface area (Å²) in [6, 6.07) is 10.6. The highest BCUT2D eigenvalue weighted by Gasteiger charge is 2.20. The topological polar surface area (TPSA) is 99.9 Å². The fourth-order valence-corrected chi connectivity index (χ4v) is 1.90. The molecule has 2 aromatic carbocycles. The number of nitrogens with zero attached hydrogens (tertiary/aromatic N) is 3. The zero-order valence-corrected chi connectivity index (χ0v) is 12.1. The summed E-state index contributed by atoms with van der Waals surface area (Å²) in [6.45, 7) is 1.77. The van der Waals surface area contributed by atoms with E-state index in [9.17, 15) is 10.1 Å². The molecule has 0 fully saturated rings. The standard InChI is InChI=1S/C15H8ClN3O3/c1-9-4-12(2-3-13(9)16)22-15-6-11(8-18)10(7-17)5-14(15)19(20)21/h2-6H,1H3. The average Bonchev–Trinajstić information content (AvgIpc) is 2.50. The molecule has 6 nitrogen and oxygen atoms in total. The van der Waals surface area contributed by atoms with E-state index in [4.69, 9.17) is 26.9 Å². The Bertz CT molecular complexity index is 850. The molecule has 7 heteroatoms. The molecule has 0 aromatic heterocycles. The lowest BCUT2D eigenvalue weighted by atomic mass is 10.1. The van der Waals surface area contributed by atoms with Gasteiger partial charge in [0.2, 0.25) is 5.75 Å². The van der Waals surface area contributed by atoms with Crippen LogP contribution in [0.4, 0.5) is 5.69 Å². The highest BCUT2D eigenvalue weighted by Crippen LogP contribution is 2.34. The van der Waals surface area contributed by atoms with Crippen LogP contribution in [0.1, 0.15) is 16.7 Å². The zero-order valence-electron chi connectivity index (χ0n) is 11.3. The van der Waals surface area contributed by atoms with Gasteiger partial charge in [0.25, 0.3) is 0 Å². The summed E-state index contributed by atoms with van der Waals surface area (Å²) in [4.78, 5) is 10.4. The number of halogens is 1. The molecule has 0 N–H and O–H groups in total. The van der Waals surface area contributed by atoms with Crippen molar-refractivity contribution in [2.24, 2.45) is 0 Å². The Hall–Kier alpha value is -3.09. The maximum Gasteiger partial charge on any atom is 0.312 e. The van der Waals surface area contributed by atoms with Crippen molar-refractivity contribution in [2.45, 2.75) is 6.92 Å². The molecule has 0 unspecified atom stereocenters. The molecule has 0 aliphatic rings. The molecule has 22 heavy (non-hydrogen) atoms. The summed E-state index contributed by atoms with van der Waals surface area (Å²) in [6.07, 6.45) is 0. The highest BCUT2D eigenvalue weighted by atomic mass is 35.5. The molecule has 0 radical (unpaired) electrons. The van der Waals surface area contributed by atoms with E-state index in [0.717, 1.165) is 11.6 Å². The van der Waals surface area contributed by atoms with Gasteiger partial charge in [0, 0.05) is 17.2 Å². The molecule has 2 aromatic rings. The van der Waals surface area contributed by atoms with Gasteiger partial charge in [0.1, 0.15) is 17.9 Å². The number of nitriles is 2. The number of hydrogen-bond acceptors (Lipinski definition) is 5. The SMILES string of the molecule is Cc1cc(Oc2cc(C#N)c(C#N)cc2[N+](=O)[O-])ccc1Cl. The van der Waals surface area contributed by atoms with Crippen molar-refractivity contribution in [3.05, 3.63) is 62.2 Å². The van der Waals surface area contributed by atoms with Crippen molar-refractivity contribution < 1.29 is 9.66 Å². The third-order valence-corrected chi connectivity index (χ3v) is 3.32. The second kappa shape index (κ2) is 6.13. The van der Waals surface area contributed by atoms with Crippen LogP contribution in [0.2, 0.25) is 5.02 Å². The van der Waals surface area contributed by atoms with E-state index in [1.807, 2.05) is 6.07 Å². The van der Waals surface area contributed by atoms with Gasteiger partial charge >= 0.3 is 5.69 Å². The Labute approximate surface area is 130 Å². The van der Waals surface area contributed by atoms with Crippen LogP contribution >= 0.6 is 11.6 Å². The number of nitro groups is 1. The molecule has 0 heterocycles. The van der Waals surface area contributed by atoms with Crippen LogP contribution in [-0.2, 0) is 0 Å². The molecule has 0 amide bonds. The molecule has 0 aliphatic carbocycles. The van der Waals surface area contributed by atoms with E-state index in [-0.39, 0.29) is 22.6 Å². The van der Waals surface area contributed by atoms with Crippen molar-refractivity contribution in [3.63, 3.8) is 0 Å². The first-order valence-electron chi connectivity index (χ1n) is 6.03. The van der Waals surface area contributed by atoms with Crippen molar-refractivity contribution in [1.29, 1.82) is 10.5 Å². The summed E-state index contributed by atoms with van der Waals surface area (Å²) < 4.78 is 5.49. The summed E-state index contributed by atoms with van der Waals surface area (Å²) >= 11 is 5.91. The molecule has 2 rings (SSSR count). The van der Waals surface area contributed by atoms with Crippen molar-refractivity contribution in [3.8, 4) is 23.6 Å². The Morgan fingerprint density at radius 3 is 2.36 bits per heavy atom. The van der Waals surface area contributed by atoms with Crippen LogP contribution < -0.4 is 4.74 Å². The zero-order chi connectivity index (χ0) is 16.3. The summed E-state index contributed by atoms with van der Waals surface area (Å²) in [5, 5.41) is 29.6. The summed E-state index contributed by atoms with van der Waals surface area (Å²) in [7, 11) is 0. The number of rotatable bonds is 3. The Morgan fingerprint density at radius 1 is 1.18 bits per heavy atom. The van der Waals surface area contributed by atoms with E-state index in [1.165, 1.54) is 6.07 Å². The third kappa shape index (κ3) is 2.98. The normalized spacial score (nSPS) is 9.64. The van der Waals surface area contributed by atoms with Gasteiger partial charge in [-0.3, -0.25) is 10.1 Å². The van der Waals surface area contributed by atoms with Gasteiger partial charge in [-0.05, 0) is 30.7 Å². The minimum atomic E-state index is -0.667. The second-order valence-electron chi connectivity index (χ2n) is 4.36. The highest BCUT2D eigenvalue weighted by molar-refractivity contribution is 6.31. The second-order valence-corrected chi connectivity index (χ2v) is 4.77. The first-order chi connectivity index (χ1) is 10.5. The number of nitro benzene ring substituents is 1. The summed E-state index contributed by atoms with van der Waals surface area (Å²) in [5.41, 5.74) is 0.293. The molecule has 0 aliphatic heterocycles. The Morgan fingerprint density at radius 2 is 1.82 bits per heavy atom. The summed E-state index contributed by atoms with van der Waals surface area (Å²) in [5.74, 6) is 0.237. The molecule has 0 saturated carbocycles. The van der Waals surface area contributed by atoms with E-state index >= 15 is 0 Å². The lowest BCUT2D eigenvalue weighted by molar-refractivity contribution is -0.385. The first kappa shape index (κ1) is 15.3. The van der Waals surface area contributed by atoms with Gasteiger partial charge in [-0.15, -0.1) is 0 Å². The Kier molecular flexibility index (Phi) is 4.26. The molecule has 0 saturated heterocycles. The third-order valence-electron chi connectivity index (χ3n) is 2.89. The molecule has 0 atom stereocenters. The van der Waals surface area contributed by atoms with Gasteiger partial charge < -0.3 is 4.74 Å². The van der Waals surface area contributed by atoms with E-state index in [2.05, 4.69) is 0 Å². The number of aryl methyl sites for hydroxylation is 1. The molecule has 0 spiro atoms. The van der Waals surface area contributed by atoms with E-state index in [1.54, 1.807) is 31.2 Å². The minimum absolute atomic E-state index is 0.00813. The van der Waals surface area contributed by atoms with Crippen LogP contribution in [0.15, 0.2) is 30.3 Å². The van der Waals surface area contributed by atoms with Crippen LogP contribution in [0.3, 0.4) is 0 Å². The predicted octanol–water partition coefficient (Wildman–Crippen LogP) is 4.09. The minimum Gasteiger partial charge on any atom is -0.450 e. The monoisotopic (exact) mass is 313 g/mol. The van der Waals surface area contributed by atoms with Crippen LogP contribution in [0, 0.1) is 39.7 Å². The molecular formula is C15H8ClN3O3. The number of ether oxygens (including phenoxy) is 1. The van der Waals surface area contributed by atoms with Gasteiger partial charge in [0.05, 0.1) is 16.1 Å². The molecule has 0 bridgehead atoms. The van der Waals surface area contributed by atoms with E-state index in [0.29, 0.717) is 10.8 Å². The molecular weight excluding hydrogens is 306 g/mol. The number of hydrogen-bond donors (Lipinski definition) is 0. The molecule has 108 valence electrons. The fraction of sp³-hybridized carbons (Fsp3) is 0.0667. The van der Waals surface area contributed by atoms with Crippen LogP contribution in [0.25, 0.3) is 0 Å². The smallest absolute Gasteiger partial charge is 0.312 e. The lowest BCUT2D eigenvalue weighted by Crippen LogP contribution is -1.97.